The van der Waals surface area contributed by atoms with Crippen LogP contribution in [-0.2, 0) is 19.1 Å². The third-order valence-corrected chi connectivity index (χ3v) is 3.00. The van der Waals surface area contributed by atoms with Crippen molar-refractivity contribution in [2.45, 2.75) is 0 Å². The molecule has 0 saturated heterocycles. The molecule has 0 amide bonds. The van der Waals surface area contributed by atoms with E-state index in [-0.39, 0.29) is 11.4 Å². The van der Waals surface area contributed by atoms with E-state index < -0.39 is 17.9 Å². The van der Waals surface area contributed by atoms with Crippen molar-refractivity contribution in [3.8, 4) is 0 Å². The number of benzene rings is 1. The van der Waals surface area contributed by atoms with Crippen molar-refractivity contribution in [1.82, 2.24) is 4.98 Å². The number of aromatic amines is 1. The molecule has 1 aromatic carbocycles. The van der Waals surface area contributed by atoms with Gasteiger partial charge in [0.15, 0.2) is 0 Å². The van der Waals surface area contributed by atoms with E-state index in [0.29, 0.717) is 16.6 Å². The number of carbonyl (C=O) groups is 3. The van der Waals surface area contributed by atoms with E-state index in [2.05, 4.69) is 19.8 Å². The Balaban J connectivity index is 2.34. The number of carboxylic acids is 1. The number of H-pyrrole nitrogens is 1. The van der Waals surface area contributed by atoms with Gasteiger partial charge >= 0.3 is 17.9 Å². The zero-order valence-corrected chi connectivity index (χ0v) is 12.4. The van der Waals surface area contributed by atoms with Crippen molar-refractivity contribution >= 4 is 34.5 Å². The number of hydrogen-bond donors (Lipinski definition) is 3. The third-order valence-electron chi connectivity index (χ3n) is 3.00. The second-order valence-electron chi connectivity index (χ2n) is 4.49. The number of aromatic nitrogens is 1. The van der Waals surface area contributed by atoms with Gasteiger partial charge in [-0.1, -0.05) is 0 Å². The monoisotopic (exact) mass is 318 g/mol. The second-order valence-corrected chi connectivity index (χ2v) is 4.49. The topological polar surface area (TPSA) is 118 Å². The summed E-state index contributed by atoms with van der Waals surface area (Å²) in [4.78, 5) is 36.7. The van der Waals surface area contributed by atoms with E-state index in [9.17, 15) is 14.4 Å². The fourth-order valence-electron chi connectivity index (χ4n) is 1.91. The first kappa shape index (κ1) is 16.1. The predicted molar refractivity (Wildman–Crippen MR) is 81.0 cm³/mol. The molecule has 8 nitrogen and oxygen atoms in total. The number of ether oxygens (including phenoxy) is 2. The summed E-state index contributed by atoms with van der Waals surface area (Å²) in [6, 6.07) is 6.37. The number of carbonyl (C=O) groups excluding carboxylic acids is 2. The number of esters is 2. The molecule has 0 bridgehead atoms. The second kappa shape index (κ2) is 6.65. The molecule has 3 N–H and O–H groups in total. The lowest BCUT2D eigenvalue weighted by molar-refractivity contribution is -0.138. The van der Waals surface area contributed by atoms with Gasteiger partial charge in [0.1, 0.15) is 11.4 Å². The standard InChI is InChI=1S/C15H14N2O6/c1-22-13(18)7-12(15(21)23-2)16-9-3-4-10-8(5-9)6-11(17-10)14(19)20/h3-7,16-17H,1-2H3,(H,19,20)/b12-7+. The van der Waals surface area contributed by atoms with Gasteiger partial charge in [-0.05, 0) is 24.3 Å². The van der Waals surface area contributed by atoms with Crippen LogP contribution in [0, 0.1) is 0 Å². The van der Waals surface area contributed by atoms with Crippen LogP contribution in [0.2, 0.25) is 0 Å². The first-order chi connectivity index (χ1) is 10.9. The summed E-state index contributed by atoms with van der Waals surface area (Å²) in [5.74, 6) is -2.53. The Morgan fingerprint density at radius 2 is 1.91 bits per heavy atom. The van der Waals surface area contributed by atoms with E-state index in [1.807, 2.05) is 0 Å². The molecule has 0 spiro atoms. The SMILES string of the molecule is COC(=O)/C=C(/Nc1ccc2[nH]c(C(=O)O)cc2c1)C(=O)OC. The van der Waals surface area contributed by atoms with Crippen molar-refractivity contribution < 1.29 is 29.0 Å². The number of anilines is 1. The maximum absolute atomic E-state index is 11.7. The summed E-state index contributed by atoms with van der Waals surface area (Å²) in [5, 5.41) is 12.3. The largest absolute Gasteiger partial charge is 0.477 e. The fraction of sp³-hybridized carbons (Fsp3) is 0.133. The molecule has 8 heteroatoms. The van der Waals surface area contributed by atoms with E-state index in [4.69, 9.17) is 5.11 Å². The fourth-order valence-corrected chi connectivity index (χ4v) is 1.91. The van der Waals surface area contributed by atoms with Gasteiger partial charge in [0.25, 0.3) is 0 Å². The van der Waals surface area contributed by atoms with Crippen LogP contribution in [0.1, 0.15) is 10.5 Å². The summed E-state index contributed by atoms with van der Waals surface area (Å²) in [6.45, 7) is 0. The van der Waals surface area contributed by atoms with Gasteiger partial charge in [0.2, 0.25) is 0 Å². The van der Waals surface area contributed by atoms with Crippen molar-refractivity contribution in [3.05, 3.63) is 41.7 Å². The van der Waals surface area contributed by atoms with Gasteiger partial charge in [-0.15, -0.1) is 0 Å². The number of methoxy groups -OCH3 is 2. The molecular formula is C15H14N2O6. The Kier molecular flexibility index (Phi) is 4.65. The molecule has 1 heterocycles. The summed E-state index contributed by atoms with van der Waals surface area (Å²) in [7, 11) is 2.37. The highest BCUT2D eigenvalue weighted by molar-refractivity contribution is 5.99. The smallest absolute Gasteiger partial charge is 0.354 e. The Bertz CT molecular complexity index is 805. The van der Waals surface area contributed by atoms with Gasteiger partial charge in [-0.25, -0.2) is 14.4 Å². The molecule has 2 aromatic rings. The van der Waals surface area contributed by atoms with Crippen LogP contribution in [0.5, 0.6) is 0 Å². The average Bonchev–Trinajstić information content (AvgIpc) is 2.96. The molecule has 120 valence electrons. The predicted octanol–water partition coefficient (Wildman–Crippen LogP) is 1.51. The Morgan fingerprint density at radius 3 is 2.52 bits per heavy atom. The molecule has 0 radical (unpaired) electrons. The minimum atomic E-state index is -1.07. The van der Waals surface area contributed by atoms with Crippen molar-refractivity contribution in [1.29, 1.82) is 0 Å². The van der Waals surface area contributed by atoms with Gasteiger partial charge in [0.05, 0.1) is 20.3 Å². The Labute approximate surface area is 130 Å². The lowest BCUT2D eigenvalue weighted by atomic mass is 10.2. The first-order valence-corrected chi connectivity index (χ1v) is 6.45. The summed E-state index contributed by atoms with van der Waals surface area (Å²) >= 11 is 0. The highest BCUT2D eigenvalue weighted by Gasteiger charge is 2.14. The molecule has 0 aliphatic heterocycles. The van der Waals surface area contributed by atoms with Crippen molar-refractivity contribution in [3.63, 3.8) is 0 Å². The number of carboxylic acid groups (broad SMARTS) is 1. The molecule has 0 aliphatic carbocycles. The molecule has 1 aromatic heterocycles. The van der Waals surface area contributed by atoms with E-state index in [1.165, 1.54) is 20.3 Å². The summed E-state index contributed by atoms with van der Waals surface area (Å²) in [5.41, 5.74) is 1.06. The highest BCUT2D eigenvalue weighted by atomic mass is 16.5. The number of rotatable bonds is 5. The van der Waals surface area contributed by atoms with Crippen LogP contribution in [0.25, 0.3) is 10.9 Å². The van der Waals surface area contributed by atoms with E-state index in [1.54, 1.807) is 18.2 Å². The number of fused-ring (bicyclic) bond motifs is 1. The minimum Gasteiger partial charge on any atom is -0.477 e. The minimum absolute atomic E-state index is 0.0513. The number of aromatic carboxylic acids is 1. The normalized spacial score (nSPS) is 11.1. The van der Waals surface area contributed by atoms with Gasteiger partial charge in [-0.2, -0.15) is 0 Å². The van der Waals surface area contributed by atoms with Crippen molar-refractivity contribution in [2.75, 3.05) is 19.5 Å². The van der Waals surface area contributed by atoms with Crippen LogP contribution in [0.15, 0.2) is 36.0 Å². The lowest BCUT2D eigenvalue weighted by Gasteiger charge is -2.09. The quantitative estimate of drug-likeness (QED) is 0.565. The maximum atomic E-state index is 11.7. The first-order valence-electron chi connectivity index (χ1n) is 6.45. The van der Waals surface area contributed by atoms with Crippen LogP contribution in [0.3, 0.4) is 0 Å². The number of hydrogen-bond acceptors (Lipinski definition) is 6. The van der Waals surface area contributed by atoms with Crippen LogP contribution >= 0.6 is 0 Å². The van der Waals surface area contributed by atoms with Crippen LogP contribution in [-0.4, -0.2) is 42.2 Å². The van der Waals surface area contributed by atoms with Gasteiger partial charge in [-0.3, -0.25) is 0 Å². The highest BCUT2D eigenvalue weighted by Crippen LogP contribution is 2.21. The molecule has 0 saturated carbocycles. The van der Waals surface area contributed by atoms with Crippen molar-refractivity contribution in [2.24, 2.45) is 0 Å². The molecule has 0 unspecified atom stereocenters. The molecule has 23 heavy (non-hydrogen) atoms. The van der Waals surface area contributed by atoms with Gasteiger partial charge < -0.3 is 24.9 Å². The Morgan fingerprint density at radius 1 is 1.17 bits per heavy atom. The molecule has 0 atom stereocenters. The average molecular weight is 318 g/mol. The van der Waals surface area contributed by atoms with E-state index in [0.717, 1.165) is 6.08 Å². The number of nitrogens with one attached hydrogen (secondary N) is 2. The van der Waals surface area contributed by atoms with Crippen LogP contribution < -0.4 is 5.32 Å². The zero-order valence-electron chi connectivity index (χ0n) is 12.4. The summed E-state index contributed by atoms with van der Waals surface area (Å²) in [6.07, 6.45) is 0.968. The third kappa shape index (κ3) is 3.67. The maximum Gasteiger partial charge on any atom is 0.354 e. The zero-order chi connectivity index (χ0) is 17.0. The van der Waals surface area contributed by atoms with Crippen LogP contribution in [0.4, 0.5) is 5.69 Å². The molecule has 0 fully saturated rings. The Hall–Kier alpha value is -3.29. The summed E-state index contributed by atoms with van der Waals surface area (Å²) < 4.78 is 9.07. The molecular weight excluding hydrogens is 304 g/mol. The molecule has 0 aliphatic rings. The molecule has 2 rings (SSSR count). The lowest BCUT2D eigenvalue weighted by Crippen LogP contribution is -2.15. The van der Waals surface area contributed by atoms with E-state index >= 15 is 0 Å². The van der Waals surface area contributed by atoms with Gasteiger partial charge in [0, 0.05) is 16.6 Å².